The summed E-state index contributed by atoms with van der Waals surface area (Å²) in [4.78, 5) is 11.0. The molecule has 0 saturated carbocycles. The highest BCUT2D eigenvalue weighted by molar-refractivity contribution is 5.17. The van der Waals surface area contributed by atoms with Gasteiger partial charge in [0, 0.05) is 6.07 Å². The minimum Gasteiger partial charge on any atom is -0.490 e. The van der Waals surface area contributed by atoms with Gasteiger partial charge in [0.05, 0.1) is 13.7 Å². The SMILES string of the molecule is COc1coc(CN)cc1=O. The van der Waals surface area contributed by atoms with Gasteiger partial charge >= 0.3 is 0 Å². The van der Waals surface area contributed by atoms with Gasteiger partial charge in [-0.3, -0.25) is 4.79 Å². The summed E-state index contributed by atoms with van der Waals surface area (Å²) >= 11 is 0. The Balaban J connectivity index is 3.10. The molecule has 60 valence electrons. The van der Waals surface area contributed by atoms with Crippen LogP contribution in [0.4, 0.5) is 0 Å². The van der Waals surface area contributed by atoms with Crippen LogP contribution in [0.5, 0.6) is 5.75 Å². The van der Waals surface area contributed by atoms with Gasteiger partial charge in [-0.05, 0) is 0 Å². The number of ether oxygens (including phenoxy) is 1. The van der Waals surface area contributed by atoms with Gasteiger partial charge in [-0.2, -0.15) is 0 Å². The van der Waals surface area contributed by atoms with E-state index < -0.39 is 0 Å². The largest absolute Gasteiger partial charge is 0.490 e. The van der Waals surface area contributed by atoms with E-state index in [-0.39, 0.29) is 17.7 Å². The fraction of sp³-hybridized carbons (Fsp3) is 0.286. The molecule has 0 atom stereocenters. The Hall–Kier alpha value is -1.29. The second-order valence-electron chi connectivity index (χ2n) is 1.98. The van der Waals surface area contributed by atoms with Crippen LogP contribution >= 0.6 is 0 Å². The van der Waals surface area contributed by atoms with Gasteiger partial charge in [-0.25, -0.2) is 0 Å². The lowest BCUT2D eigenvalue weighted by atomic mass is 10.4. The lowest BCUT2D eigenvalue weighted by molar-refractivity contribution is 0.379. The van der Waals surface area contributed by atoms with Crippen LogP contribution in [-0.4, -0.2) is 7.11 Å². The summed E-state index contributed by atoms with van der Waals surface area (Å²) in [5.41, 5.74) is 5.03. The van der Waals surface area contributed by atoms with E-state index in [1.165, 1.54) is 19.4 Å². The van der Waals surface area contributed by atoms with E-state index in [1.54, 1.807) is 0 Å². The molecule has 1 aromatic rings. The summed E-state index contributed by atoms with van der Waals surface area (Å²) in [7, 11) is 1.41. The average Bonchev–Trinajstić information content (AvgIpc) is 2.04. The zero-order chi connectivity index (χ0) is 8.27. The lowest BCUT2D eigenvalue weighted by Gasteiger charge is -1.97. The summed E-state index contributed by atoms with van der Waals surface area (Å²) in [6, 6.07) is 1.32. The summed E-state index contributed by atoms with van der Waals surface area (Å²) in [5.74, 6) is 0.651. The van der Waals surface area contributed by atoms with Crippen molar-refractivity contribution in [1.29, 1.82) is 0 Å². The van der Waals surface area contributed by atoms with Crippen LogP contribution in [0.15, 0.2) is 21.5 Å². The first kappa shape index (κ1) is 7.81. The predicted octanol–water partition coefficient (Wildman–Crippen LogP) is 0.107. The van der Waals surface area contributed by atoms with Crippen molar-refractivity contribution in [2.24, 2.45) is 5.73 Å². The summed E-state index contributed by atoms with van der Waals surface area (Å²) < 4.78 is 9.63. The minimum absolute atomic E-state index is 0.196. The van der Waals surface area contributed by atoms with Crippen molar-refractivity contribution >= 4 is 0 Å². The molecule has 0 aliphatic rings. The van der Waals surface area contributed by atoms with Crippen LogP contribution in [0.1, 0.15) is 5.76 Å². The molecule has 0 amide bonds. The highest BCUT2D eigenvalue weighted by Crippen LogP contribution is 2.03. The molecule has 0 radical (unpaired) electrons. The monoisotopic (exact) mass is 155 g/mol. The first-order valence-electron chi connectivity index (χ1n) is 3.13. The van der Waals surface area contributed by atoms with Gasteiger partial charge in [0.25, 0.3) is 0 Å². The van der Waals surface area contributed by atoms with Crippen molar-refractivity contribution < 1.29 is 9.15 Å². The smallest absolute Gasteiger partial charge is 0.227 e. The molecule has 2 N–H and O–H groups in total. The number of nitrogens with two attached hydrogens (primary N) is 1. The first-order valence-corrected chi connectivity index (χ1v) is 3.13. The molecule has 0 bridgehead atoms. The van der Waals surface area contributed by atoms with E-state index in [1.807, 2.05) is 0 Å². The van der Waals surface area contributed by atoms with Crippen molar-refractivity contribution in [3.8, 4) is 5.75 Å². The molecule has 1 aromatic heterocycles. The number of hydrogen-bond acceptors (Lipinski definition) is 4. The van der Waals surface area contributed by atoms with Gasteiger partial charge in [-0.1, -0.05) is 0 Å². The number of rotatable bonds is 2. The van der Waals surface area contributed by atoms with Crippen molar-refractivity contribution in [2.45, 2.75) is 6.54 Å². The fourth-order valence-corrected chi connectivity index (χ4v) is 0.694. The Morgan fingerprint density at radius 2 is 2.45 bits per heavy atom. The topological polar surface area (TPSA) is 65.5 Å². The Morgan fingerprint density at radius 1 is 1.73 bits per heavy atom. The summed E-state index contributed by atoms with van der Waals surface area (Å²) in [6.45, 7) is 0.221. The molecule has 4 heteroatoms. The van der Waals surface area contributed by atoms with E-state index >= 15 is 0 Å². The molecular formula is C7H9NO3. The van der Waals surface area contributed by atoms with Crippen molar-refractivity contribution in [2.75, 3.05) is 7.11 Å². The second kappa shape index (κ2) is 3.21. The molecule has 11 heavy (non-hydrogen) atoms. The zero-order valence-electron chi connectivity index (χ0n) is 6.16. The molecule has 0 aromatic carbocycles. The first-order chi connectivity index (χ1) is 5.27. The molecule has 0 aliphatic heterocycles. The maximum Gasteiger partial charge on any atom is 0.227 e. The quantitative estimate of drug-likeness (QED) is 0.658. The van der Waals surface area contributed by atoms with Gasteiger partial charge in [0.1, 0.15) is 12.0 Å². The molecule has 0 aliphatic carbocycles. The molecule has 0 spiro atoms. The molecule has 0 saturated heterocycles. The molecule has 1 rings (SSSR count). The lowest BCUT2D eigenvalue weighted by Crippen LogP contribution is -2.07. The maximum absolute atomic E-state index is 11.0. The molecule has 0 unspecified atom stereocenters. The molecule has 1 heterocycles. The Kier molecular flexibility index (Phi) is 2.28. The highest BCUT2D eigenvalue weighted by atomic mass is 16.5. The van der Waals surface area contributed by atoms with Crippen LogP contribution in [0, 0.1) is 0 Å². The predicted molar refractivity (Wildman–Crippen MR) is 39.4 cm³/mol. The normalized spacial score (nSPS) is 9.64. The highest BCUT2D eigenvalue weighted by Gasteiger charge is 2.00. The second-order valence-corrected chi connectivity index (χ2v) is 1.98. The zero-order valence-corrected chi connectivity index (χ0v) is 6.16. The average molecular weight is 155 g/mol. The minimum atomic E-state index is -0.209. The molecule has 4 nitrogen and oxygen atoms in total. The van der Waals surface area contributed by atoms with Crippen molar-refractivity contribution in [1.82, 2.24) is 0 Å². The van der Waals surface area contributed by atoms with Crippen LogP contribution < -0.4 is 15.9 Å². The number of methoxy groups -OCH3 is 1. The van der Waals surface area contributed by atoms with Crippen LogP contribution in [-0.2, 0) is 6.54 Å². The van der Waals surface area contributed by atoms with Crippen LogP contribution in [0.3, 0.4) is 0 Å². The van der Waals surface area contributed by atoms with Gasteiger partial charge in [-0.15, -0.1) is 0 Å². The summed E-state index contributed by atoms with van der Waals surface area (Å²) in [5, 5.41) is 0. The maximum atomic E-state index is 11.0. The third-order valence-electron chi connectivity index (χ3n) is 1.27. The summed E-state index contributed by atoms with van der Waals surface area (Å²) in [6.07, 6.45) is 1.25. The third-order valence-corrected chi connectivity index (χ3v) is 1.27. The van der Waals surface area contributed by atoms with E-state index in [9.17, 15) is 4.79 Å². The standard InChI is InChI=1S/C7H9NO3/c1-10-7-4-11-5(3-8)2-6(7)9/h2,4H,3,8H2,1H3. The van der Waals surface area contributed by atoms with E-state index in [0.29, 0.717) is 5.76 Å². The van der Waals surface area contributed by atoms with Gasteiger partial charge in [0.2, 0.25) is 11.2 Å². The van der Waals surface area contributed by atoms with Crippen molar-refractivity contribution in [3.05, 3.63) is 28.3 Å². The van der Waals surface area contributed by atoms with E-state index in [2.05, 4.69) is 0 Å². The van der Waals surface area contributed by atoms with Crippen LogP contribution in [0.2, 0.25) is 0 Å². The van der Waals surface area contributed by atoms with Gasteiger partial charge in [0.15, 0.2) is 0 Å². The molecule has 0 fully saturated rings. The van der Waals surface area contributed by atoms with E-state index in [4.69, 9.17) is 14.9 Å². The third kappa shape index (κ3) is 1.59. The Morgan fingerprint density at radius 3 is 2.91 bits per heavy atom. The fourth-order valence-electron chi connectivity index (χ4n) is 0.694. The van der Waals surface area contributed by atoms with Gasteiger partial charge < -0.3 is 14.9 Å². The Labute approximate surface area is 63.6 Å². The van der Waals surface area contributed by atoms with Crippen molar-refractivity contribution in [3.63, 3.8) is 0 Å². The molecular weight excluding hydrogens is 146 g/mol. The Bertz CT molecular complexity index is 292. The van der Waals surface area contributed by atoms with Crippen LogP contribution in [0.25, 0.3) is 0 Å². The number of hydrogen-bond donors (Lipinski definition) is 1. The van der Waals surface area contributed by atoms with E-state index in [0.717, 1.165) is 0 Å².